The van der Waals surface area contributed by atoms with Crippen LogP contribution < -0.4 is 5.32 Å². The van der Waals surface area contributed by atoms with E-state index < -0.39 is 0 Å². The van der Waals surface area contributed by atoms with E-state index in [9.17, 15) is 4.39 Å². The summed E-state index contributed by atoms with van der Waals surface area (Å²) in [5.41, 5.74) is 0.385. The van der Waals surface area contributed by atoms with Gasteiger partial charge in [0.25, 0.3) is 0 Å². The minimum atomic E-state index is -0.346. The standard InChI is InChI=1S/C12H14BrFN2/c1-12(2,8-15)5-6-16-9-3-4-10(13)11(14)7-9/h3-4,7,16H,5-6H2,1-2H3. The molecule has 0 aliphatic carbocycles. The van der Waals surface area contributed by atoms with Crippen molar-refractivity contribution in [3.05, 3.63) is 28.5 Å². The maximum Gasteiger partial charge on any atom is 0.139 e. The molecule has 1 aromatic rings. The molecule has 0 radical (unpaired) electrons. The highest BCUT2D eigenvalue weighted by atomic mass is 79.9. The smallest absolute Gasteiger partial charge is 0.139 e. The van der Waals surface area contributed by atoms with Crippen LogP contribution in [0.25, 0.3) is 0 Å². The number of rotatable bonds is 4. The van der Waals surface area contributed by atoms with Crippen LogP contribution >= 0.6 is 15.9 Å². The number of nitrogens with one attached hydrogen (secondary N) is 1. The fourth-order valence-electron chi connectivity index (χ4n) is 1.18. The maximum atomic E-state index is 13.2. The van der Waals surface area contributed by atoms with E-state index in [1.807, 2.05) is 13.8 Å². The van der Waals surface area contributed by atoms with E-state index in [0.29, 0.717) is 11.0 Å². The molecule has 0 aromatic heterocycles. The van der Waals surface area contributed by atoms with Gasteiger partial charge in [-0.05, 0) is 54.4 Å². The van der Waals surface area contributed by atoms with Gasteiger partial charge in [0.1, 0.15) is 5.82 Å². The molecule has 0 saturated heterocycles. The summed E-state index contributed by atoms with van der Waals surface area (Å²) in [6, 6.07) is 7.12. The molecule has 0 bridgehead atoms. The third-order valence-corrected chi connectivity index (χ3v) is 2.94. The lowest BCUT2D eigenvalue weighted by Gasteiger charge is -2.15. The summed E-state index contributed by atoms with van der Waals surface area (Å²) in [5, 5.41) is 11.9. The minimum absolute atomic E-state index is 0.287. The van der Waals surface area contributed by atoms with Crippen LogP contribution in [0.4, 0.5) is 10.1 Å². The van der Waals surface area contributed by atoms with Crippen LogP contribution in [0.3, 0.4) is 0 Å². The molecule has 0 spiro atoms. The number of benzene rings is 1. The Hall–Kier alpha value is -1.08. The lowest BCUT2D eigenvalue weighted by Crippen LogP contribution is -2.14. The van der Waals surface area contributed by atoms with Crippen molar-refractivity contribution < 1.29 is 4.39 Å². The summed E-state index contributed by atoms with van der Waals surface area (Å²) in [6.07, 6.45) is 0.723. The molecule has 0 fully saturated rings. The molecule has 0 aliphatic heterocycles. The Morgan fingerprint density at radius 2 is 2.19 bits per heavy atom. The number of hydrogen-bond donors (Lipinski definition) is 1. The molecule has 0 amide bonds. The molecular weight excluding hydrogens is 271 g/mol. The average Bonchev–Trinajstić information content (AvgIpc) is 2.23. The Morgan fingerprint density at radius 3 is 2.75 bits per heavy atom. The van der Waals surface area contributed by atoms with E-state index in [4.69, 9.17) is 5.26 Å². The lowest BCUT2D eigenvalue weighted by molar-refractivity contribution is 0.466. The van der Waals surface area contributed by atoms with Crippen molar-refractivity contribution in [3.63, 3.8) is 0 Å². The van der Waals surface area contributed by atoms with E-state index in [2.05, 4.69) is 27.3 Å². The minimum Gasteiger partial charge on any atom is -0.385 e. The highest BCUT2D eigenvalue weighted by Crippen LogP contribution is 2.21. The summed E-state index contributed by atoms with van der Waals surface area (Å²) >= 11 is 3.09. The van der Waals surface area contributed by atoms with Gasteiger partial charge in [-0.3, -0.25) is 0 Å². The van der Waals surface area contributed by atoms with Crippen LogP contribution in [0.15, 0.2) is 22.7 Å². The summed E-state index contributed by atoms with van der Waals surface area (Å²) in [7, 11) is 0. The largest absolute Gasteiger partial charge is 0.385 e. The van der Waals surface area contributed by atoms with Gasteiger partial charge >= 0.3 is 0 Å². The zero-order valence-electron chi connectivity index (χ0n) is 9.35. The summed E-state index contributed by atoms with van der Waals surface area (Å²) in [6.45, 7) is 4.43. The first-order valence-corrected chi connectivity index (χ1v) is 5.84. The van der Waals surface area contributed by atoms with Crippen LogP contribution in [0.2, 0.25) is 0 Å². The molecule has 1 aromatic carbocycles. The third-order valence-electron chi connectivity index (χ3n) is 2.30. The van der Waals surface area contributed by atoms with Gasteiger partial charge in [0.05, 0.1) is 16.0 Å². The molecular formula is C12H14BrFN2. The number of halogens is 2. The van der Waals surface area contributed by atoms with Crippen molar-refractivity contribution in [2.75, 3.05) is 11.9 Å². The van der Waals surface area contributed by atoms with E-state index in [-0.39, 0.29) is 11.2 Å². The molecule has 2 nitrogen and oxygen atoms in total. The number of hydrogen-bond acceptors (Lipinski definition) is 2. The Morgan fingerprint density at radius 1 is 1.50 bits per heavy atom. The Labute approximate surface area is 104 Å². The van der Waals surface area contributed by atoms with E-state index in [0.717, 1.165) is 12.1 Å². The van der Waals surface area contributed by atoms with E-state index >= 15 is 0 Å². The molecule has 4 heteroatoms. The second-order valence-corrected chi connectivity index (χ2v) is 5.16. The maximum absolute atomic E-state index is 13.2. The predicted octanol–water partition coefficient (Wildman–Crippen LogP) is 3.94. The van der Waals surface area contributed by atoms with Crippen LogP contribution in [0.1, 0.15) is 20.3 Å². The lowest BCUT2D eigenvalue weighted by atomic mass is 9.91. The molecule has 0 heterocycles. The fraction of sp³-hybridized carbons (Fsp3) is 0.417. The molecule has 0 atom stereocenters. The first-order valence-electron chi connectivity index (χ1n) is 5.05. The van der Waals surface area contributed by atoms with Crippen molar-refractivity contribution in [2.45, 2.75) is 20.3 Å². The van der Waals surface area contributed by atoms with Gasteiger partial charge in [0, 0.05) is 12.2 Å². The van der Waals surface area contributed by atoms with Crippen LogP contribution in [0.5, 0.6) is 0 Å². The van der Waals surface area contributed by atoms with Gasteiger partial charge in [-0.25, -0.2) is 4.39 Å². The van der Waals surface area contributed by atoms with Crippen LogP contribution in [0, 0.1) is 22.6 Å². The highest BCUT2D eigenvalue weighted by molar-refractivity contribution is 9.10. The second kappa shape index (κ2) is 5.31. The molecule has 0 saturated carbocycles. The first kappa shape index (κ1) is 13.0. The van der Waals surface area contributed by atoms with Crippen LogP contribution in [-0.4, -0.2) is 6.54 Å². The first-order chi connectivity index (χ1) is 7.44. The van der Waals surface area contributed by atoms with Crippen LogP contribution in [-0.2, 0) is 0 Å². The molecule has 1 N–H and O–H groups in total. The van der Waals surface area contributed by atoms with Crippen molar-refractivity contribution >= 4 is 21.6 Å². The number of nitriles is 1. The molecule has 0 unspecified atom stereocenters. The summed E-state index contributed by atoms with van der Waals surface area (Å²) in [4.78, 5) is 0. The van der Waals surface area contributed by atoms with Crippen molar-refractivity contribution in [2.24, 2.45) is 5.41 Å². The zero-order valence-corrected chi connectivity index (χ0v) is 10.9. The van der Waals surface area contributed by atoms with Gasteiger partial charge in [-0.15, -0.1) is 0 Å². The van der Waals surface area contributed by atoms with Gasteiger partial charge < -0.3 is 5.32 Å². The van der Waals surface area contributed by atoms with Crippen molar-refractivity contribution in [1.29, 1.82) is 5.26 Å². The molecule has 0 aliphatic rings. The SMILES string of the molecule is CC(C)(C#N)CCNc1ccc(Br)c(F)c1. The van der Waals surface area contributed by atoms with Gasteiger partial charge in [0.15, 0.2) is 0 Å². The van der Waals surface area contributed by atoms with E-state index in [1.165, 1.54) is 6.07 Å². The monoisotopic (exact) mass is 284 g/mol. The van der Waals surface area contributed by atoms with Crippen molar-refractivity contribution in [1.82, 2.24) is 0 Å². The number of anilines is 1. The van der Waals surface area contributed by atoms with Gasteiger partial charge in [0.2, 0.25) is 0 Å². The Kier molecular flexibility index (Phi) is 4.31. The summed E-state index contributed by atoms with van der Waals surface area (Å²) < 4.78 is 13.6. The molecule has 1 rings (SSSR count). The topological polar surface area (TPSA) is 35.8 Å². The quantitative estimate of drug-likeness (QED) is 0.909. The third kappa shape index (κ3) is 3.82. The van der Waals surface area contributed by atoms with Gasteiger partial charge in [-0.2, -0.15) is 5.26 Å². The average molecular weight is 285 g/mol. The van der Waals surface area contributed by atoms with Crippen molar-refractivity contribution in [3.8, 4) is 6.07 Å². The van der Waals surface area contributed by atoms with E-state index in [1.54, 1.807) is 12.1 Å². The normalized spacial score (nSPS) is 10.9. The predicted molar refractivity (Wildman–Crippen MR) is 66.6 cm³/mol. The number of nitrogens with zero attached hydrogens (tertiary/aromatic N) is 1. The second-order valence-electron chi connectivity index (χ2n) is 4.30. The Bertz CT molecular complexity index is 410. The van der Waals surface area contributed by atoms with Gasteiger partial charge in [-0.1, -0.05) is 0 Å². The molecule has 86 valence electrons. The molecule has 16 heavy (non-hydrogen) atoms. The zero-order chi connectivity index (χ0) is 12.2. The Balaban J connectivity index is 2.50. The highest BCUT2D eigenvalue weighted by Gasteiger charge is 2.15. The fourth-order valence-corrected chi connectivity index (χ4v) is 1.43. The summed E-state index contributed by atoms with van der Waals surface area (Å²) in [5.74, 6) is -0.287.